The minimum Gasteiger partial charge on any atom is -0.477 e. The van der Waals surface area contributed by atoms with Crippen molar-refractivity contribution >= 4 is 5.97 Å². The minimum absolute atomic E-state index is 0.120. The minimum atomic E-state index is -1.14. The van der Waals surface area contributed by atoms with Crippen molar-refractivity contribution in [2.75, 3.05) is 0 Å². The molecule has 2 rings (SSSR count). The Balaban J connectivity index is 2.67. The fourth-order valence-electron chi connectivity index (χ4n) is 2.21. The number of carbonyl (C=O) groups is 1. The van der Waals surface area contributed by atoms with E-state index in [-0.39, 0.29) is 5.56 Å². The SMILES string of the molecule is CC1Cc2cc(C(=O)O)c(=O)n(C)c2C1. The molecule has 0 bridgehead atoms. The second-order valence-corrected chi connectivity index (χ2v) is 4.21. The maximum absolute atomic E-state index is 11.7. The van der Waals surface area contributed by atoms with E-state index in [9.17, 15) is 9.59 Å². The quantitative estimate of drug-likeness (QED) is 0.741. The van der Waals surface area contributed by atoms with Gasteiger partial charge in [0.15, 0.2) is 0 Å². The molecule has 80 valence electrons. The first-order chi connectivity index (χ1) is 7.00. The van der Waals surface area contributed by atoms with Gasteiger partial charge in [0.2, 0.25) is 0 Å². The second-order valence-electron chi connectivity index (χ2n) is 4.21. The Bertz CT molecular complexity index is 487. The van der Waals surface area contributed by atoms with Crippen molar-refractivity contribution in [1.29, 1.82) is 0 Å². The summed E-state index contributed by atoms with van der Waals surface area (Å²) in [6.07, 6.45) is 1.73. The lowest BCUT2D eigenvalue weighted by molar-refractivity contribution is 0.0694. The van der Waals surface area contributed by atoms with Crippen molar-refractivity contribution in [3.05, 3.63) is 33.2 Å². The number of hydrogen-bond donors (Lipinski definition) is 1. The van der Waals surface area contributed by atoms with Crippen LogP contribution in [0.15, 0.2) is 10.9 Å². The molecule has 1 atom stereocenters. The molecule has 1 N–H and O–H groups in total. The molecule has 0 saturated carbocycles. The average molecular weight is 207 g/mol. The normalized spacial score (nSPS) is 18.9. The van der Waals surface area contributed by atoms with Crippen LogP contribution in [-0.2, 0) is 19.9 Å². The van der Waals surface area contributed by atoms with Crippen molar-refractivity contribution < 1.29 is 9.90 Å². The molecule has 0 aliphatic heterocycles. The van der Waals surface area contributed by atoms with Crippen molar-refractivity contribution in [2.24, 2.45) is 13.0 Å². The van der Waals surface area contributed by atoms with Gasteiger partial charge in [-0.2, -0.15) is 0 Å². The standard InChI is InChI=1S/C11H13NO3/c1-6-3-7-5-8(11(14)15)10(13)12(2)9(7)4-6/h5-6H,3-4H2,1-2H3,(H,14,15). The molecule has 0 fully saturated rings. The fraction of sp³-hybridized carbons (Fsp3) is 0.455. The third-order valence-corrected chi connectivity index (χ3v) is 2.97. The van der Waals surface area contributed by atoms with Gasteiger partial charge in [-0.3, -0.25) is 4.79 Å². The van der Waals surface area contributed by atoms with Gasteiger partial charge in [-0.25, -0.2) is 4.79 Å². The number of fused-ring (bicyclic) bond motifs is 1. The predicted octanol–water partition coefficient (Wildman–Crippen LogP) is 0.818. The van der Waals surface area contributed by atoms with Gasteiger partial charge in [-0.15, -0.1) is 0 Å². The Hall–Kier alpha value is -1.58. The molecule has 1 aliphatic carbocycles. The van der Waals surface area contributed by atoms with Crippen LogP contribution in [0.3, 0.4) is 0 Å². The number of hydrogen-bond acceptors (Lipinski definition) is 2. The molecule has 0 aromatic carbocycles. The van der Waals surface area contributed by atoms with Crippen LogP contribution >= 0.6 is 0 Å². The highest BCUT2D eigenvalue weighted by molar-refractivity contribution is 5.87. The zero-order valence-corrected chi connectivity index (χ0v) is 8.78. The van der Waals surface area contributed by atoms with E-state index in [1.54, 1.807) is 7.05 Å². The summed E-state index contributed by atoms with van der Waals surface area (Å²) in [6, 6.07) is 1.53. The third-order valence-electron chi connectivity index (χ3n) is 2.97. The first-order valence-electron chi connectivity index (χ1n) is 4.95. The fourth-order valence-corrected chi connectivity index (χ4v) is 2.21. The monoisotopic (exact) mass is 207 g/mol. The van der Waals surface area contributed by atoms with Crippen LogP contribution in [0.1, 0.15) is 28.5 Å². The number of carboxylic acids is 1. The highest BCUT2D eigenvalue weighted by Gasteiger charge is 2.23. The summed E-state index contributed by atoms with van der Waals surface area (Å²) in [5.74, 6) is -0.646. The summed E-state index contributed by atoms with van der Waals surface area (Å²) in [5, 5.41) is 8.87. The highest BCUT2D eigenvalue weighted by atomic mass is 16.4. The predicted molar refractivity (Wildman–Crippen MR) is 55.2 cm³/mol. The Labute approximate surface area is 87.2 Å². The number of carboxylic acid groups (broad SMARTS) is 1. The molecule has 4 nitrogen and oxygen atoms in total. The van der Waals surface area contributed by atoms with Gasteiger partial charge >= 0.3 is 5.97 Å². The zero-order valence-electron chi connectivity index (χ0n) is 8.78. The number of aromatic carboxylic acids is 1. The van der Waals surface area contributed by atoms with E-state index in [1.165, 1.54) is 10.6 Å². The molecule has 1 aromatic heterocycles. The molecule has 1 unspecified atom stereocenters. The van der Waals surface area contributed by atoms with E-state index in [0.29, 0.717) is 5.92 Å². The molecule has 0 saturated heterocycles. The molecule has 1 aliphatic rings. The van der Waals surface area contributed by atoms with Crippen molar-refractivity contribution in [1.82, 2.24) is 4.57 Å². The summed E-state index contributed by atoms with van der Waals surface area (Å²) in [4.78, 5) is 22.5. The first-order valence-corrected chi connectivity index (χ1v) is 4.95. The third kappa shape index (κ3) is 1.46. The Kier molecular flexibility index (Phi) is 2.14. The van der Waals surface area contributed by atoms with E-state index >= 15 is 0 Å². The van der Waals surface area contributed by atoms with E-state index in [1.807, 2.05) is 0 Å². The molecule has 0 radical (unpaired) electrons. The first kappa shape index (κ1) is 9.96. The molecule has 1 aromatic rings. The van der Waals surface area contributed by atoms with E-state index < -0.39 is 11.5 Å². The molecular formula is C11H13NO3. The van der Waals surface area contributed by atoms with E-state index in [2.05, 4.69) is 6.92 Å². The molecule has 0 spiro atoms. The molecule has 4 heteroatoms. The Morgan fingerprint density at radius 1 is 1.53 bits per heavy atom. The topological polar surface area (TPSA) is 59.3 Å². The maximum atomic E-state index is 11.7. The van der Waals surface area contributed by atoms with Crippen LogP contribution in [0.5, 0.6) is 0 Å². The lowest BCUT2D eigenvalue weighted by Crippen LogP contribution is -2.26. The summed E-state index contributed by atoms with van der Waals surface area (Å²) in [6.45, 7) is 2.10. The molecule has 0 amide bonds. The van der Waals surface area contributed by atoms with E-state index in [0.717, 1.165) is 24.1 Å². The zero-order chi connectivity index (χ0) is 11.2. The van der Waals surface area contributed by atoms with Crippen LogP contribution in [0.2, 0.25) is 0 Å². The summed E-state index contributed by atoms with van der Waals surface area (Å²) >= 11 is 0. The van der Waals surface area contributed by atoms with Crippen LogP contribution in [0, 0.1) is 5.92 Å². The van der Waals surface area contributed by atoms with Gasteiger partial charge < -0.3 is 9.67 Å². The molecule has 15 heavy (non-hydrogen) atoms. The number of pyridine rings is 1. The second kappa shape index (κ2) is 3.22. The van der Waals surface area contributed by atoms with Gasteiger partial charge in [0.1, 0.15) is 5.56 Å². The van der Waals surface area contributed by atoms with Gasteiger partial charge in [-0.1, -0.05) is 6.92 Å². The number of rotatable bonds is 1. The summed E-state index contributed by atoms with van der Waals surface area (Å²) in [5.41, 5.74) is 1.46. The largest absolute Gasteiger partial charge is 0.477 e. The van der Waals surface area contributed by atoms with Crippen molar-refractivity contribution in [3.63, 3.8) is 0 Å². The van der Waals surface area contributed by atoms with Crippen molar-refractivity contribution in [3.8, 4) is 0 Å². The van der Waals surface area contributed by atoms with Crippen LogP contribution in [0.25, 0.3) is 0 Å². The Morgan fingerprint density at radius 2 is 2.20 bits per heavy atom. The van der Waals surface area contributed by atoms with Crippen molar-refractivity contribution in [2.45, 2.75) is 19.8 Å². The van der Waals surface area contributed by atoms with Crippen LogP contribution in [0.4, 0.5) is 0 Å². The average Bonchev–Trinajstić information content (AvgIpc) is 2.52. The highest BCUT2D eigenvalue weighted by Crippen LogP contribution is 2.25. The van der Waals surface area contributed by atoms with Gasteiger partial charge in [0.25, 0.3) is 5.56 Å². The van der Waals surface area contributed by atoms with Gasteiger partial charge in [0, 0.05) is 12.7 Å². The van der Waals surface area contributed by atoms with E-state index in [4.69, 9.17) is 5.11 Å². The number of aromatic nitrogens is 1. The summed E-state index contributed by atoms with van der Waals surface area (Å²) < 4.78 is 1.47. The van der Waals surface area contributed by atoms with Gasteiger partial charge in [-0.05, 0) is 30.4 Å². The lowest BCUT2D eigenvalue weighted by atomic mass is 10.1. The molecule has 1 heterocycles. The number of nitrogens with zero attached hydrogens (tertiary/aromatic N) is 1. The summed E-state index contributed by atoms with van der Waals surface area (Å²) in [7, 11) is 1.64. The molecular weight excluding hydrogens is 194 g/mol. The maximum Gasteiger partial charge on any atom is 0.341 e. The lowest BCUT2D eigenvalue weighted by Gasteiger charge is -2.07. The van der Waals surface area contributed by atoms with Crippen LogP contribution in [-0.4, -0.2) is 15.6 Å². The van der Waals surface area contributed by atoms with Crippen LogP contribution < -0.4 is 5.56 Å². The van der Waals surface area contributed by atoms with Gasteiger partial charge in [0.05, 0.1) is 0 Å². The smallest absolute Gasteiger partial charge is 0.341 e. The Morgan fingerprint density at radius 3 is 2.80 bits per heavy atom.